The lowest BCUT2D eigenvalue weighted by molar-refractivity contribution is -0.122. The zero-order valence-corrected chi connectivity index (χ0v) is 12.7. The van der Waals surface area contributed by atoms with Crippen molar-refractivity contribution in [3.05, 3.63) is 0 Å². The normalized spacial score (nSPS) is 25.9. The number of piperazine rings is 1. The van der Waals surface area contributed by atoms with E-state index in [2.05, 4.69) is 36.4 Å². The molecule has 1 atom stereocenters. The summed E-state index contributed by atoms with van der Waals surface area (Å²) in [4.78, 5) is 14.3. The number of carbonyl (C=O) groups excluding carboxylic acids is 1. The van der Waals surface area contributed by atoms with Crippen LogP contribution in [-0.2, 0) is 4.79 Å². The van der Waals surface area contributed by atoms with Crippen molar-refractivity contribution >= 4 is 5.91 Å². The van der Waals surface area contributed by atoms with Crippen LogP contribution in [-0.4, -0.2) is 50.1 Å². The van der Waals surface area contributed by atoms with Gasteiger partial charge in [-0.15, -0.1) is 0 Å². The summed E-state index contributed by atoms with van der Waals surface area (Å²) in [6.45, 7) is 8.42. The highest BCUT2D eigenvalue weighted by atomic mass is 16.1. The van der Waals surface area contributed by atoms with Crippen LogP contribution in [0.25, 0.3) is 0 Å². The molecule has 0 aromatic heterocycles. The van der Waals surface area contributed by atoms with Crippen LogP contribution in [0.2, 0.25) is 0 Å². The molecule has 1 aliphatic carbocycles. The summed E-state index contributed by atoms with van der Waals surface area (Å²) in [7, 11) is 2.12. The molecule has 0 radical (unpaired) electrons. The molecule has 1 amide bonds. The lowest BCUT2D eigenvalue weighted by atomic mass is 9.67. The maximum absolute atomic E-state index is 12.0. The molecule has 0 bridgehead atoms. The molecule has 0 aromatic carbocycles. The Bertz CT molecular complexity index is 313. The third-order valence-electron chi connectivity index (χ3n) is 4.84. The number of nitrogens with zero attached hydrogens (tertiary/aromatic N) is 1. The van der Waals surface area contributed by atoms with Gasteiger partial charge in [-0.1, -0.05) is 20.3 Å². The lowest BCUT2D eigenvalue weighted by Gasteiger charge is -2.40. The van der Waals surface area contributed by atoms with Crippen molar-refractivity contribution in [1.82, 2.24) is 15.5 Å². The molecule has 0 aromatic rings. The summed E-state index contributed by atoms with van der Waals surface area (Å²) >= 11 is 0. The van der Waals surface area contributed by atoms with E-state index < -0.39 is 0 Å². The van der Waals surface area contributed by atoms with Crippen molar-refractivity contribution in [2.24, 2.45) is 11.3 Å². The molecule has 4 nitrogen and oxygen atoms in total. The Labute approximate surface area is 117 Å². The second kappa shape index (κ2) is 6.23. The number of rotatable bonds is 5. The summed E-state index contributed by atoms with van der Waals surface area (Å²) in [6.07, 6.45) is 4.63. The Hall–Kier alpha value is -0.610. The molecular formula is C15H29N3O. The van der Waals surface area contributed by atoms with Crippen molar-refractivity contribution < 1.29 is 4.79 Å². The Morgan fingerprint density at radius 3 is 2.74 bits per heavy atom. The van der Waals surface area contributed by atoms with Gasteiger partial charge >= 0.3 is 0 Å². The fourth-order valence-corrected chi connectivity index (χ4v) is 3.08. The van der Waals surface area contributed by atoms with Crippen LogP contribution in [0, 0.1) is 11.3 Å². The minimum Gasteiger partial charge on any atom is -0.356 e. The van der Waals surface area contributed by atoms with Crippen LogP contribution >= 0.6 is 0 Å². The van der Waals surface area contributed by atoms with Crippen LogP contribution in [0.3, 0.4) is 0 Å². The number of amides is 1. The van der Waals surface area contributed by atoms with Crippen LogP contribution in [0.1, 0.15) is 39.5 Å². The second-order valence-corrected chi connectivity index (χ2v) is 7.01. The minimum absolute atomic E-state index is 0.195. The number of likely N-dealkylation sites (N-methyl/N-ethyl adjacent to an activating group) is 1. The summed E-state index contributed by atoms with van der Waals surface area (Å²) in [6, 6.07) is 0.311. The van der Waals surface area contributed by atoms with Gasteiger partial charge in [-0.05, 0) is 31.2 Å². The maximum atomic E-state index is 12.0. The molecule has 110 valence electrons. The zero-order chi connectivity index (χ0) is 13.9. The van der Waals surface area contributed by atoms with Gasteiger partial charge in [0.05, 0.1) is 0 Å². The first kappa shape index (κ1) is 14.8. The van der Waals surface area contributed by atoms with Crippen molar-refractivity contribution in [2.45, 2.75) is 45.6 Å². The molecule has 2 N–H and O–H groups in total. The van der Waals surface area contributed by atoms with Gasteiger partial charge in [-0.3, -0.25) is 4.79 Å². The molecule has 2 fully saturated rings. The van der Waals surface area contributed by atoms with Crippen LogP contribution in [0.15, 0.2) is 0 Å². The summed E-state index contributed by atoms with van der Waals surface area (Å²) in [5, 5.41) is 6.56. The number of hydrogen-bond acceptors (Lipinski definition) is 3. The standard InChI is InChI=1S/C15H29N3O/c1-15(2,12-5-4-6-12)11-17-14(19)9-13-10-18(3)8-7-16-13/h12-13,16H,4-11H2,1-3H3,(H,17,19). The Morgan fingerprint density at radius 2 is 2.16 bits per heavy atom. The molecule has 4 heteroatoms. The van der Waals surface area contributed by atoms with Crippen LogP contribution in [0.5, 0.6) is 0 Å². The third-order valence-corrected chi connectivity index (χ3v) is 4.84. The molecule has 1 unspecified atom stereocenters. The lowest BCUT2D eigenvalue weighted by Crippen LogP contribution is -2.51. The molecule has 2 rings (SSSR count). The third kappa shape index (κ3) is 4.18. The smallest absolute Gasteiger partial charge is 0.221 e. The van der Waals surface area contributed by atoms with Crippen LogP contribution in [0.4, 0.5) is 0 Å². The second-order valence-electron chi connectivity index (χ2n) is 7.01. The summed E-state index contributed by atoms with van der Waals surface area (Å²) in [5.41, 5.74) is 0.255. The van der Waals surface area contributed by atoms with Gasteiger partial charge < -0.3 is 15.5 Å². The monoisotopic (exact) mass is 267 g/mol. The SMILES string of the molecule is CN1CCNC(CC(=O)NCC(C)(C)C2CCC2)C1. The van der Waals surface area contributed by atoms with Gasteiger partial charge in [-0.2, -0.15) is 0 Å². The van der Waals surface area contributed by atoms with E-state index in [1.807, 2.05) is 0 Å². The van der Waals surface area contributed by atoms with E-state index in [0.717, 1.165) is 32.1 Å². The van der Waals surface area contributed by atoms with Crippen molar-refractivity contribution in [1.29, 1.82) is 0 Å². The van der Waals surface area contributed by atoms with Crippen molar-refractivity contribution in [3.8, 4) is 0 Å². The van der Waals surface area contributed by atoms with E-state index >= 15 is 0 Å². The molecule has 1 aliphatic heterocycles. The first-order chi connectivity index (χ1) is 8.97. The molecule has 0 spiro atoms. The Morgan fingerprint density at radius 1 is 1.42 bits per heavy atom. The Kier molecular flexibility index (Phi) is 4.85. The minimum atomic E-state index is 0.195. The van der Waals surface area contributed by atoms with Gasteiger partial charge in [0.2, 0.25) is 5.91 Å². The predicted octanol–water partition coefficient (Wildman–Crippen LogP) is 1.22. The van der Waals surface area contributed by atoms with E-state index in [9.17, 15) is 4.79 Å². The highest BCUT2D eigenvalue weighted by molar-refractivity contribution is 5.76. The average Bonchev–Trinajstić information content (AvgIpc) is 2.23. The highest BCUT2D eigenvalue weighted by Crippen LogP contribution is 2.41. The van der Waals surface area contributed by atoms with E-state index in [-0.39, 0.29) is 11.3 Å². The van der Waals surface area contributed by atoms with Crippen LogP contribution < -0.4 is 10.6 Å². The number of hydrogen-bond donors (Lipinski definition) is 2. The van der Waals surface area contributed by atoms with E-state index in [1.54, 1.807) is 0 Å². The van der Waals surface area contributed by atoms with Gasteiger partial charge in [-0.25, -0.2) is 0 Å². The molecule has 1 heterocycles. The molecule has 19 heavy (non-hydrogen) atoms. The number of nitrogens with one attached hydrogen (secondary N) is 2. The average molecular weight is 267 g/mol. The first-order valence-corrected chi connectivity index (χ1v) is 7.66. The van der Waals surface area contributed by atoms with Crippen molar-refractivity contribution in [3.63, 3.8) is 0 Å². The van der Waals surface area contributed by atoms with E-state index in [0.29, 0.717) is 12.5 Å². The maximum Gasteiger partial charge on any atom is 0.221 e. The number of carbonyl (C=O) groups is 1. The largest absolute Gasteiger partial charge is 0.356 e. The molecule has 2 aliphatic rings. The van der Waals surface area contributed by atoms with Gasteiger partial charge in [0.25, 0.3) is 0 Å². The molecule has 1 saturated carbocycles. The van der Waals surface area contributed by atoms with Gasteiger partial charge in [0, 0.05) is 38.6 Å². The van der Waals surface area contributed by atoms with Gasteiger partial charge in [0.1, 0.15) is 0 Å². The Balaban J connectivity index is 1.69. The topological polar surface area (TPSA) is 44.4 Å². The molecular weight excluding hydrogens is 238 g/mol. The quantitative estimate of drug-likeness (QED) is 0.787. The van der Waals surface area contributed by atoms with E-state index in [4.69, 9.17) is 0 Å². The molecule has 1 saturated heterocycles. The van der Waals surface area contributed by atoms with Crippen molar-refractivity contribution in [2.75, 3.05) is 33.2 Å². The highest BCUT2D eigenvalue weighted by Gasteiger charge is 2.34. The summed E-state index contributed by atoms with van der Waals surface area (Å²) in [5.74, 6) is 0.993. The first-order valence-electron chi connectivity index (χ1n) is 7.66. The fraction of sp³-hybridized carbons (Fsp3) is 0.933. The summed E-state index contributed by atoms with van der Waals surface area (Å²) < 4.78 is 0. The zero-order valence-electron chi connectivity index (χ0n) is 12.7. The van der Waals surface area contributed by atoms with E-state index in [1.165, 1.54) is 19.3 Å². The predicted molar refractivity (Wildman–Crippen MR) is 78.0 cm³/mol. The van der Waals surface area contributed by atoms with Gasteiger partial charge in [0.15, 0.2) is 0 Å². The fourth-order valence-electron chi connectivity index (χ4n) is 3.08.